The van der Waals surface area contributed by atoms with E-state index in [2.05, 4.69) is 20.8 Å². The predicted octanol–water partition coefficient (Wildman–Crippen LogP) is 4.93. The van der Waals surface area contributed by atoms with Crippen molar-refractivity contribution in [2.75, 3.05) is 17.2 Å². The van der Waals surface area contributed by atoms with E-state index in [0.717, 1.165) is 56.1 Å². The van der Waals surface area contributed by atoms with Gasteiger partial charge in [0.1, 0.15) is 5.82 Å². The summed E-state index contributed by atoms with van der Waals surface area (Å²) < 4.78 is 1.01. The predicted molar refractivity (Wildman–Crippen MR) is 96.0 cm³/mol. The van der Waals surface area contributed by atoms with Crippen molar-refractivity contribution in [2.24, 2.45) is 0 Å². The van der Waals surface area contributed by atoms with Gasteiger partial charge in [-0.15, -0.1) is 0 Å². The minimum Gasteiger partial charge on any atom is -0.398 e. The Bertz CT molecular complexity index is 894. The standard InChI is InChI=1S/C17H13BrClN3/c18-10-4-5-15-14(8-10)16(20)13-6-7-22(17(13)21-15)12-3-1-2-11(19)9-12/h1-5,8-9H,6-7H2,(H2,20,21). The minimum absolute atomic E-state index is 0.726. The Morgan fingerprint density at radius 1 is 1.18 bits per heavy atom. The second kappa shape index (κ2) is 5.14. The van der Waals surface area contributed by atoms with Crippen molar-refractivity contribution in [3.8, 4) is 0 Å². The molecule has 0 amide bonds. The molecule has 1 aromatic heterocycles. The Morgan fingerprint density at radius 3 is 2.86 bits per heavy atom. The summed E-state index contributed by atoms with van der Waals surface area (Å²) in [6.07, 6.45) is 0.892. The van der Waals surface area contributed by atoms with E-state index in [4.69, 9.17) is 22.3 Å². The molecule has 1 aliphatic rings. The number of fused-ring (bicyclic) bond motifs is 2. The number of nitrogens with zero attached hydrogens (tertiary/aromatic N) is 2. The topological polar surface area (TPSA) is 42.1 Å². The number of hydrogen-bond donors (Lipinski definition) is 1. The van der Waals surface area contributed by atoms with Gasteiger partial charge in [-0.1, -0.05) is 33.6 Å². The molecule has 22 heavy (non-hydrogen) atoms. The second-order valence-corrected chi connectivity index (χ2v) is 6.72. The number of halogens is 2. The lowest BCUT2D eigenvalue weighted by molar-refractivity contribution is 0.992. The highest BCUT2D eigenvalue weighted by Crippen LogP contribution is 2.40. The molecular formula is C17H13BrClN3. The summed E-state index contributed by atoms with van der Waals surface area (Å²) in [4.78, 5) is 7.01. The number of pyridine rings is 1. The molecule has 0 bridgehead atoms. The second-order valence-electron chi connectivity index (χ2n) is 5.37. The molecule has 0 aliphatic carbocycles. The molecule has 2 heterocycles. The molecule has 5 heteroatoms. The van der Waals surface area contributed by atoms with Crippen LogP contribution in [0.2, 0.25) is 5.02 Å². The van der Waals surface area contributed by atoms with Gasteiger partial charge in [0, 0.05) is 38.4 Å². The van der Waals surface area contributed by atoms with Gasteiger partial charge in [0.25, 0.3) is 0 Å². The van der Waals surface area contributed by atoms with Crippen LogP contribution in [-0.4, -0.2) is 11.5 Å². The van der Waals surface area contributed by atoms with Gasteiger partial charge in [-0.05, 0) is 42.8 Å². The van der Waals surface area contributed by atoms with Gasteiger partial charge in [-0.2, -0.15) is 0 Å². The summed E-state index contributed by atoms with van der Waals surface area (Å²) in [6.45, 7) is 0.865. The summed E-state index contributed by atoms with van der Waals surface area (Å²) >= 11 is 9.61. The quantitative estimate of drug-likeness (QED) is 0.657. The van der Waals surface area contributed by atoms with Gasteiger partial charge >= 0.3 is 0 Å². The molecule has 3 nitrogen and oxygen atoms in total. The van der Waals surface area contributed by atoms with Gasteiger partial charge in [-0.25, -0.2) is 4.98 Å². The number of hydrogen-bond acceptors (Lipinski definition) is 3. The zero-order valence-electron chi connectivity index (χ0n) is 11.7. The van der Waals surface area contributed by atoms with E-state index in [0.29, 0.717) is 0 Å². The van der Waals surface area contributed by atoms with Crippen LogP contribution < -0.4 is 10.6 Å². The van der Waals surface area contributed by atoms with E-state index in [1.54, 1.807) is 0 Å². The first kappa shape index (κ1) is 13.9. The fourth-order valence-electron chi connectivity index (χ4n) is 2.98. The number of nitrogens with two attached hydrogens (primary N) is 1. The Hall–Kier alpha value is -1.78. The zero-order valence-corrected chi connectivity index (χ0v) is 14.0. The summed E-state index contributed by atoms with van der Waals surface area (Å²) in [7, 11) is 0. The molecule has 4 rings (SSSR count). The average Bonchev–Trinajstić information content (AvgIpc) is 2.92. The molecule has 1 aliphatic heterocycles. The lowest BCUT2D eigenvalue weighted by atomic mass is 10.1. The van der Waals surface area contributed by atoms with Crippen molar-refractivity contribution in [3.05, 3.63) is 57.5 Å². The van der Waals surface area contributed by atoms with Crippen LogP contribution in [0.3, 0.4) is 0 Å². The summed E-state index contributed by atoms with van der Waals surface area (Å²) in [5, 5.41) is 1.73. The zero-order chi connectivity index (χ0) is 15.3. The lowest BCUT2D eigenvalue weighted by Crippen LogP contribution is -2.14. The molecule has 3 aromatic rings. The third kappa shape index (κ3) is 2.14. The smallest absolute Gasteiger partial charge is 0.139 e. The number of rotatable bonds is 1. The first-order valence-corrected chi connectivity index (χ1v) is 8.21. The fraction of sp³-hybridized carbons (Fsp3) is 0.118. The number of anilines is 3. The molecule has 0 fully saturated rings. The van der Waals surface area contributed by atoms with Gasteiger partial charge < -0.3 is 10.6 Å². The molecule has 0 saturated heterocycles. The van der Waals surface area contributed by atoms with Crippen molar-refractivity contribution >= 4 is 55.6 Å². The molecule has 0 atom stereocenters. The Labute approximate surface area is 141 Å². The van der Waals surface area contributed by atoms with Crippen molar-refractivity contribution in [3.63, 3.8) is 0 Å². The van der Waals surface area contributed by atoms with Crippen LogP contribution in [0.25, 0.3) is 10.9 Å². The maximum atomic E-state index is 6.40. The van der Waals surface area contributed by atoms with E-state index >= 15 is 0 Å². The van der Waals surface area contributed by atoms with Crippen LogP contribution in [0.4, 0.5) is 17.2 Å². The third-order valence-corrected chi connectivity index (χ3v) is 4.76. The largest absolute Gasteiger partial charge is 0.398 e. The molecule has 2 N–H and O–H groups in total. The van der Waals surface area contributed by atoms with Crippen molar-refractivity contribution in [2.45, 2.75) is 6.42 Å². The number of benzene rings is 2. The van der Waals surface area contributed by atoms with Crippen molar-refractivity contribution in [1.82, 2.24) is 4.98 Å². The molecular weight excluding hydrogens is 362 g/mol. The molecule has 0 spiro atoms. The Balaban J connectivity index is 1.92. The molecule has 0 unspecified atom stereocenters. The van der Waals surface area contributed by atoms with E-state index < -0.39 is 0 Å². The van der Waals surface area contributed by atoms with Crippen LogP contribution >= 0.6 is 27.5 Å². The van der Waals surface area contributed by atoms with Crippen molar-refractivity contribution < 1.29 is 0 Å². The van der Waals surface area contributed by atoms with E-state index in [-0.39, 0.29) is 0 Å². The van der Waals surface area contributed by atoms with Gasteiger partial charge in [0.15, 0.2) is 0 Å². The van der Waals surface area contributed by atoms with Crippen LogP contribution in [0.5, 0.6) is 0 Å². The third-order valence-electron chi connectivity index (χ3n) is 4.03. The molecule has 110 valence electrons. The van der Waals surface area contributed by atoms with Gasteiger partial charge in [0.05, 0.1) is 5.52 Å². The Morgan fingerprint density at radius 2 is 2.05 bits per heavy atom. The summed E-state index contributed by atoms with van der Waals surface area (Å²) in [6, 6.07) is 13.8. The highest BCUT2D eigenvalue weighted by Gasteiger charge is 2.25. The fourth-order valence-corrected chi connectivity index (χ4v) is 3.53. The van der Waals surface area contributed by atoms with Crippen LogP contribution in [0, 0.1) is 0 Å². The van der Waals surface area contributed by atoms with E-state index in [9.17, 15) is 0 Å². The molecule has 2 aromatic carbocycles. The highest BCUT2D eigenvalue weighted by molar-refractivity contribution is 9.10. The summed E-state index contributed by atoms with van der Waals surface area (Å²) in [5.74, 6) is 0.939. The Kier molecular flexibility index (Phi) is 3.24. The lowest BCUT2D eigenvalue weighted by Gasteiger charge is -2.19. The first-order chi connectivity index (χ1) is 10.6. The first-order valence-electron chi connectivity index (χ1n) is 7.04. The summed E-state index contributed by atoms with van der Waals surface area (Å²) in [5.41, 5.74) is 10.3. The van der Waals surface area contributed by atoms with Crippen LogP contribution in [-0.2, 0) is 6.42 Å². The molecule has 0 radical (unpaired) electrons. The minimum atomic E-state index is 0.726. The van der Waals surface area contributed by atoms with Crippen molar-refractivity contribution in [1.29, 1.82) is 0 Å². The molecule has 0 saturated carbocycles. The normalized spacial score (nSPS) is 13.6. The monoisotopic (exact) mass is 373 g/mol. The van der Waals surface area contributed by atoms with Crippen LogP contribution in [0.1, 0.15) is 5.56 Å². The average molecular weight is 375 g/mol. The van der Waals surface area contributed by atoms with Crippen LogP contribution in [0.15, 0.2) is 46.9 Å². The van der Waals surface area contributed by atoms with Gasteiger partial charge in [0.2, 0.25) is 0 Å². The maximum absolute atomic E-state index is 6.40. The van der Waals surface area contributed by atoms with E-state index in [1.807, 2.05) is 42.5 Å². The highest BCUT2D eigenvalue weighted by atomic mass is 79.9. The number of aromatic nitrogens is 1. The maximum Gasteiger partial charge on any atom is 0.139 e. The van der Waals surface area contributed by atoms with Gasteiger partial charge in [-0.3, -0.25) is 0 Å². The SMILES string of the molecule is Nc1c2c(nc3ccc(Br)cc13)N(c1cccc(Cl)c1)CC2. The van der Waals surface area contributed by atoms with E-state index in [1.165, 1.54) is 0 Å². The number of nitrogen functional groups attached to an aromatic ring is 1.